The molecule has 1 aliphatic rings. The lowest BCUT2D eigenvalue weighted by Gasteiger charge is -2.36. The minimum Gasteiger partial charge on any atom is -0.437 e. The summed E-state index contributed by atoms with van der Waals surface area (Å²) in [5.41, 5.74) is 7.66. The van der Waals surface area contributed by atoms with Crippen LogP contribution in [0.5, 0.6) is 0 Å². The first-order chi connectivity index (χ1) is 7.66. The molecule has 0 radical (unpaired) electrons. The van der Waals surface area contributed by atoms with Gasteiger partial charge in [-0.15, -0.1) is 0 Å². The SMILES string of the molecule is CB(O)N1CCN(c2ccc(N)cc2)CC1. The van der Waals surface area contributed by atoms with E-state index >= 15 is 0 Å². The summed E-state index contributed by atoms with van der Waals surface area (Å²) < 4.78 is 0. The van der Waals surface area contributed by atoms with Gasteiger partial charge in [-0.25, -0.2) is 0 Å². The van der Waals surface area contributed by atoms with Crippen LogP contribution in [0.2, 0.25) is 6.82 Å². The Kier molecular flexibility index (Phi) is 3.36. The molecule has 0 aliphatic carbocycles. The van der Waals surface area contributed by atoms with Gasteiger partial charge >= 0.3 is 7.05 Å². The van der Waals surface area contributed by atoms with Crippen molar-refractivity contribution >= 4 is 18.4 Å². The number of nitrogen functional groups attached to an aromatic ring is 1. The molecular formula is C11H18BN3O. The Morgan fingerprint density at radius 3 is 2.19 bits per heavy atom. The van der Waals surface area contributed by atoms with E-state index in [9.17, 15) is 5.02 Å². The highest BCUT2D eigenvalue weighted by Gasteiger charge is 2.22. The Balaban J connectivity index is 1.96. The number of hydrogen-bond acceptors (Lipinski definition) is 4. The molecule has 1 aromatic rings. The van der Waals surface area contributed by atoms with Crippen LogP contribution in [-0.2, 0) is 0 Å². The van der Waals surface area contributed by atoms with Crippen LogP contribution in [0.4, 0.5) is 11.4 Å². The Bertz CT molecular complexity index is 334. The molecule has 2 rings (SSSR count). The van der Waals surface area contributed by atoms with Crippen LogP contribution in [0, 0.1) is 0 Å². The quantitative estimate of drug-likeness (QED) is 0.561. The fourth-order valence-electron chi connectivity index (χ4n) is 2.04. The van der Waals surface area contributed by atoms with Gasteiger partial charge in [-0.2, -0.15) is 0 Å². The summed E-state index contributed by atoms with van der Waals surface area (Å²) in [6.07, 6.45) is 0. The van der Waals surface area contributed by atoms with Gasteiger partial charge in [0, 0.05) is 37.6 Å². The molecule has 0 saturated carbocycles. The predicted molar refractivity (Wildman–Crippen MR) is 68.5 cm³/mol. The van der Waals surface area contributed by atoms with Crippen LogP contribution in [0.3, 0.4) is 0 Å². The summed E-state index contributed by atoms with van der Waals surface area (Å²) in [6.45, 7) is 5.53. The van der Waals surface area contributed by atoms with Crippen LogP contribution in [0.25, 0.3) is 0 Å². The molecule has 3 N–H and O–H groups in total. The van der Waals surface area contributed by atoms with E-state index in [-0.39, 0.29) is 7.05 Å². The first-order valence-corrected chi connectivity index (χ1v) is 5.69. The monoisotopic (exact) mass is 219 g/mol. The Morgan fingerprint density at radius 1 is 1.12 bits per heavy atom. The standard InChI is InChI=1S/C11H18BN3O/c1-12(16)15-8-6-14(7-9-15)11-4-2-10(13)3-5-11/h2-5,16H,6-9,13H2,1H3. The van der Waals surface area contributed by atoms with Crippen molar-refractivity contribution in [2.45, 2.75) is 6.82 Å². The third kappa shape index (κ3) is 2.48. The minimum atomic E-state index is -0.339. The summed E-state index contributed by atoms with van der Waals surface area (Å²) >= 11 is 0. The fourth-order valence-corrected chi connectivity index (χ4v) is 2.04. The molecule has 86 valence electrons. The van der Waals surface area contributed by atoms with Crippen molar-refractivity contribution in [1.29, 1.82) is 0 Å². The molecule has 1 aromatic carbocycles. The van der Waals surface area contributed by atoms with E-state index in [1.54, 1.807) is 0 Å². The van der Waals surface area contributed by atoms with Crippen molar-refractivity contribution in [3.63, 3.8) is 0 Å². The summed E-state index contributed by atoms with van der Waals surface area (Å²) in [7, 11) is -0.339. The number of hydrogen-bond donors (Lipinski definition) is 2. The molecule has 0 spiro atoms. The summed E-state index contributed by atoms with van der Waals surface area (Å²) in [4.78, 5) is 4.39. The summed E-state index contributed by atoms with van der Waals surface area (Å²) in [5, 5.41) is 9.46. The number of anilines is 2. The molecule has 1 fully saturated rings. The van der Waals surface area contributed by atoms with E-state index in [4.69, 9.17) is 5.73 Å². The van der Waals surface area contributed by atoms with Gasteiger partial charge in [-0.05, 0) is 31.1 Å². The first-order valence-electron chi connectivity index (χ1n) is 5.69. The van der Waals surface area contributed by atoms with Gasteiger partial charge in [0.1, 0.15) is 0 Å². The zero-order valence-electron chi connectivity index (χ0n) is 9.63. The van der Waals surface area contributed by atoms with Gasteiger partial charge in [-0.1, -0.05) is 0 Å². The van der Waals surface area contributed by atoms with Crippen molar-refractivity contribution in [1.82, 2.24) is 4.81 Å². The number of piperazine rings is 1. The first kappa shape index (κ1) is 11.3. The maximum absolute atomic E-state index is 9.46. The predicted octanol–water partition coefficient (Wildman–Crippen LogP) is 0.501. The molecule has 0 unspecified atom stereocenters. The lowest BCUT2D eigenvalue weighted by Crippen LogP contribution is -2.51. The molecule has 0 amide bonds. The number of rotatable bonds is 2. The van der Waals surface area contributed by atoms with Crippen molar-refractivity contribution in [3.05, 3.63) is 24.3 Å². The third-order valence-corrected chi connectivity index (χ3v) is 3.10. The van der Waals surface area contributed by atoms with Gasteiger partial charge in [0.05, 0.1) is 0 Å². The van der Waals surface area contributed by atoms with Gasteiger partial charge in [-0.3, -0.25) is 0 Å². The average molecular weight is 219 g/mol. The maximum atomic E-state index is 9.46. The lowest BCUT2D eigenvalue weighted by molar-refractivity contribution is 0.344. The second-order valence-corrected chi connectivity index (χ2v) is 4.25. The molecule has 0 bridgehead atoms. The topological polar surface area (TPSA) is 52.7 Å². The van der Waals surface area contributed by atoms with Crippen molar-refractivity contribution in [2.75, 3.05) is 36.8 Å². The zero-order valence-corrected chi connectivity index (χ0v) is 9.63. The molecule has 0 atom stereocenters. The maximum Gasteiger partial charge on any atom is 0.376 e. The van der Waals surface area contributed by atoms with Crippen molar-refractivity contribution < 1.29 is 5.02 Å². The number of nitrogens with two attached hydrogens (primary N) is 1. The summed E-state index contributed by atoms with van der Waals surface area (Å²) in [6, 6.07) is 7.95. The van der Waals surface area contributed by atoms with E-state index < -0.39 is 0 Å². The number of nitrogens with zero attached hydrogens (tertiary/aromatic N) is 2. The van der Waals surface area contributed by atoms with E-state index in [0.717, 1.165) is 31.9 Å². The van der Waals surface area contributed by atoms with E-state index in [0.29, 0.717) is 0 Å². The normalized spacial score (nSPS) is 17.5. The van der Waals surface area contributed by atoms with Crippen LogP contribution in [0.1, 0.15) is 0 Å². The Hall–Kier alpha value is -1.20. The van der Waals surface area contributed by atoms with Gasteiger partial charge < -0.3 is 20.5 Å². The fraction of sp³-hybridized carbons (Fsp3) is 0.455. The van der Waals surface area contributed by atoms with E-state index in [1.165, 1.54) is 5.69 Å². The highest BCUT2D eigenvalue weighted by molar-refractivity contribution is 6.45. The zero-order chi connectivity index (χ0) is 11.5. The average Bonchev–Trinajstić information content (AvgIpc) is 2.30. The second kappa shape index (κ2) is 4.76. The molecule has 1 heterocycles. The van der Waals surface area contributed by atoms with Gasteiger partial charge in [0.15, 0.2) is 0 Å². The molecular weight excluding hydrogens is 201 g/mol. The highest BCUT2D eigenvalue weighted by atomic mass is 16.2. The largest absolute Gasteiger partial charge is 0.437 e. The van der Waals surface area contributed by atoms with Gasteiger partial charge in [0.2, 0.25) is 0 Å². The van der Waals surface area contributed by atoms with Crippen molar-refractivity contribution in [3.8, 4) is 0 Å². The molecule has 4 nitrogen and oxygen atoms in total. The Morgan fingerprint density at radius 2 is 1.69 bits per heavy atom. The molecule has 16 heavy (non-hydrogen) atoms. The molecule has 1 saturated heterocycles. The summed E-state index contributed by atoms with van der Waals surface area (Å²) in [5.74, 6) is 0. The van der Waals surface area contributed by atoms with Crippen molar-refractivity contribution in [2.24, 2.45) is 0 Å². The van der Waals surface area contributed by atoms with E-state index in [1.807, 2.05) is 31.1 Å². The van der Waals surface area contributed by atoms with Crippen LogP contribution < -0.4 is 10.6 Å². The number of benzene rings is 1. The van der Waals surface area contributed by atoms with Gasteiger partial charge in [0.25, 0.3) is 0 Å². The molecule has 0 aromatic heterocycles. The smallest absolute Gasteiger partial charge is 0.376 e. The second-order valence-electron chi connectivity index (χ2n) is 4.25. The van der Waals surface area contributed by atoms with Crippen LogP contribution >= 0.6 is 0 Å². The molecule has 5 heteroatoms. The van der Waals surface area contributed by atoms with Crippen LogP contribution in [-0.4, -0.2) is 43.1 Å². The highest BCUT2D eigenvalue weighted by Crippen LogP contribution is 2.18. The minimum absolute atomic E-state index is 0.339. The lowest BCUT2D eigenvalue weighted by atomic mass is 9.84. The third-order valence-electron chi connectivity index (χ3n) is 3.10. The Labute approximate surface area is 96.8 Å². The van der Waals surface area contributed by atoms with E-state index in [2.05, 4.69) is 9.71 Å². The molecule has 1 aliphatic heterocycles. The van der Waals surface area contributed by atoms with Crippen LogP contribution in [0.15, 0.2) is 24.3 Å².